The van der Waals surface area contributed by atoms with Crippen molar-refractivity contribution >= 4 is 17.3 Å². The van der Waals surface area contributed by atoms with Crippen LogP contribution in [0.4, 0.5) is 15.8 Å². The lowest BCUT2D eigenvalue weighted by atomic mass is 10.2. The van der Waals surface area contributed by atoms with Crippen molar-refractivity contribution in [3.8, 4) is 0 Å². The molecule has 1 amide bonds. The van der Waals surface area contributed by atoms with E-state index in [2.05, 4.69) is 5.32 Å². The van der Waals surface area contributed by atoms with Gasteiger partial charge in [0.1, 0.15) is 18.0 Å². The van der Waals surface area contributed by atoms with Gasteiger partial charge in [-0.1, -0.05) is 0 Å². The fraction of sp³-hybridized carbons (Fsp3) is 0.417. The van der Waals surface area contributed by atoms with E-state index in [0.717, 1.165) is 0 Å². The molecule has 1 fully saturated rings. The van der Waals surface area contributed by atoms with Gasteiger partial charge in [-0.15, -0.1) is 0 Å². The lowest BCUT2D eigenvalue weighted by molar-refractivity contribution is -0.161. The molecule has 2 rings (SSSR count). The topological polar surface area (TPSA) is 73.6 Å². The van der Waals surface area contributed by atoms with Crippen molar-refractivity contribution in [1.29, 1.82) is 0 Å². The predicted octanol–water partition coefficient (Wildman–Crippen LogP) is 1.15. The van der Waals surface area contributed by atoms with Gasteiger partial charge in [0, 0.05) is 5.69 Å². The summed E-state index contributed by atoms with van der Waals surface area (Å²) in [7, 11) is 0. The van der Waals surface area contributed by atoms with Crippen molar-refractivity contribution in [3.05, 3.63) is 24.0 Å². The van der Waals surface area contributed by atoms with E-state index in [-0.39, 0.29) is 17.7 Å². The smallest absolute Gasteiger partial charge is 0.253 e. The summed E-state index contributed by atoms with van der Waals surface area (Å²) in [6.07, 6.45) is -0.616. The largest absolute Gasteiger partial charge is 0.396 e. The maximum Gasteiger partial charge on any atom is 0.253 e. The van der Waals surface area contributed by atoms with Gasteiger partial charge in [0.2, 0.25) is 0 Å². The van der Waals surface area contributed by atoms with Crippen LogP contribution >= 0.6 is 0 Å². The maximum atomic E-state index is 12.9. The third kappa shape index (κ3) is 2.96. The fourth-order valence-corrected chi connectivity index (χ4v) is 1.51. The molecule has 0 radical (unpaired) electrons. The van der Waals surface area contributed by atoms with Crippen LogP contribution in [0.1, 0.15) is 6.92 Å². The Morgan fingerprint density at radius 2 is 2.33 bits per heavy atom. The zero-order valence-corrected chi connectivity index (χ0v) is 9.98. The van der Waals surface area contributed by atoms with Crippen molar-refractivity contribution in [2.75, 3.05) is 24.3 Å². The van der Waals surface area contributed by atoms with Crippen LogP contribution in [-0.4, -0.2) is 31.3 Å². The molecular formula is C12H15FN2O3. The molecule has 1 aliphatic rings. The third-order valence-corrected chi connectivity index (χ3v) is 2.64. The molecule has 1 aliphatic heterocycles. The number of anilines is 2. The molecule has 1 unspecified atom stereocenters. The summed E-state index contributed by atoms with van der Waals surface area (Å²) in [6.45, 7) is 2.68. The highest BCUT2D eigenvalue weighted by Gasteiger charge is 2.24. The number of carbonyl (C=O) groups is 1. The Bertz CT molecular complexity index is 449. The van der Waals surface area contributed by atoms with Crippen molar-refractivity contribution in [1.82, 2.24) is 0 Å². The van der Waals surface area contributed by atoms with Crippen molar-refractivity contribution < 1.29 is 18.7 Å². The van der Waals surface area contributed by atoms with Crippen LogP contribution in [-0.2, 0) is 14.3 Å². The molecule has 0 spiro atoms. The number of hydrogen-bond donors (Lipinski definition) is 2. The van der Waals surface area contributed by atoms with Crippen LogP contribution in [0.5, 0.6) is 0 Å². The van der Waals surface area contributed by atoms with E-state index in [1.54, 1.807) is 6.92 Å². The molecule has 0 aliphatic carbocycles. The van der Waals surface area contributed by atoms with Crippen LogP contribution in [0.15, 0.2) is 18.2 Å². The molecule has 98 valence electrons. The van der Waals surface area contributed by atoms with Crippen LogP contribution in [0.3, 0.4) is 0 Å². The molecular weight excluding hydrogens is 239 g/mol. The number of rotatable bonds is 4. The number of halogens is 1. The lowest BCUT2D eigenvalue weighted by Crippen LogP contribution is -2.41. The van der Waals surface area contributed by atoms with Crippen molar-refractivity contribution in [2.24, 2.45) is 0 Å². The summed E-state index contributed by atoms with van der Waals surface area (Å²) in [5.41, 5.74) is 5.85. The number of ether oxygens (including phenoxy) is 2. The predicted molar refractivity (Wildman–Crippen MR) is 64.6 cm³/mol. The Morgan fingerprint density at radius 3 is 2.89 bits per heavy atom. The molecule has 0 saturated carbocycles. The van der Waals surface area contributed by atoms with Crippen LogP contribution < -0.4 is 11.1 Å². The van der Waals surface area contributed by atoms with Gasteiger partial charge in [0.15, 0.2) is 0 Å². The van der Waals surface area contributed by atoms with E-state index in [1.165, 1.54) is 18.2 Å². The molecule has 1 heterocycles. The summed E-state index contributed by atoms with van der Waals surface area (Å²) in [5.74, 6) is -0.808. The molecule has 18 heavy (non-hydrogen) atoms. The minimum atomic E-state index is -0.592. The van der Waals surface area contributed by atoms with Gasteiger partial charge >= 0.3 is 0 Å². The van der Waals surface area contributed by atoms with E-state index < -0.39 is 11.9 Å². The monoisotopic (exact) mass is 254 g/mol. The molecule has 1 aromatic carbocycles. The van der Waals surface area contributed by atoms with E-state index >= 15 is 0 Å². The molecule has 1 aromatic rings. The molecule has 6 heteroatoms. The second-order valence-corrected chi connectivity index (χ2v) is 4.16. The summed E-state index contributed by atoms with van der Waals surface area (Å²) in [5, 5.41) is 2.61. The Hall–Kier alpha value is -1.66. The minimum absolute atomic E-state index is 0.00577. The Balaban J connectivity index is 1.90. The van der Waals surface area contributed by atoms with Gasteiger partial charge in [-0.2, -0.15) is 0 Å². The van der Waals surface area contributed by atoms with E-state index in [9.17, 15) is 9.18 Å². The lowest BCUT2D eigenvalue weighted by Gasteiger charge is -2.28. The zero-order chi connectivity index (χ0) is 13.1. The van der Waals surface area contributed by atoms with Crippen LogP contribution in [0.2, 0.25) is 0 Å². The van der Waals surface area contributed by atoms with E-state index in [4.69, 9.17) is 15.2 Å². The number of benzene rings is 1. The van der Waals surface area contributed by atoms with Gasteiger partial charge in [0.05, 0.1) is 18.9 Å². The average Bonchev–Trinajstić information content (AvgIpc) is 2.28. The van der Waals surface area contributed by atoms with E-state index in [1.807, 2.05) is 0 Å². The zero-order valence-electron chi connectivity index (χ0n) is 9.98. The highest BCUT2D eigenvalue weighted by molar-refractivity contribution is 5.94. The quantitative estimate of drug-likeness (QED) is 0.790. The fourth-order valence-electron chi connectivity index (χ4n) is 1.51. The number of carbonyl (C=O) groups excluding carboxylic acids is 1. The second-order valence-electron chi connectivity index (χ2n) is 4.16. The second kappa shape index (κ2) is 5.32. The SMILES string of the molecule is CC(OC1COC1)C(=O)Nc1ccc(F)c(N)c1. The van der Waals surface area contributed by atoms with Gasteiger partial charge < -0.3 is 20.5 Å². The third-order valence-electron chi connectivity index (χ3n) is 2.64. The highest BCUT2D eigenvalue weighted by atomic mass is 19.1. The molecule has 1 atom stereocenters. The number of nitrogens with two attached hydrogens (primary N) is 1. The standard InChI is InChI=1S/C12H15FN2O3/c1-7(18-9-5-17-6-9)12(16)15-8-2-3-10(13)11(14)4-8/h2-4,7,9H,5-6,14H2,1H3,(H,15,16). The average molecular weight is 254 g/mol. The maximum absolute atomic E-state index is 12.9. The first-order valence-electron chi connectivity index (χ1n) is 5.65. The number of hydrogen-bond acceptors (Lipinski definition) is 4. The van der Waals surface area contributed by atoms with Gasteiger partial charge in [0.25, 0.3) is 5.91 Å². The van der Waals surface area contributed by atoms with E-state index in [0.29, 0.717) is 18.9 Å². The molecule has 0 aromatic heterocycles. The Kier molecular flexibility index (Phi) is 3.78. The van der Waals surface area contributed by atoms with Crippen LogP contribution in [0, 0.1) is 5.82 Å². The molecule has 1 saturated heterocycles. The van der Waals surface area contributed by atoms with Gasteiger partial charge in [-0.3, -0.25) is 4.79 Å². The summed E-state index contributed by atoms with van der Waals surface area (Å²) < 4.78 is 23.3. The summed E-state index contributed by atoms with van der Waals surface area (Å²) in [6, 6.07) is 4.02. The Morgan fingerprint density at radius 1 is 1.61 bits per heavy atom. The highest BCUT2D eigenvalue weighted by Crippen LogP contribution is 2.17. The first kappa shape index (κ1) is 12.8. The summed E-state index contributed by atoms with van der Waals surface area (Å²) in [4.78, 5) is 11.8. The number of nitrogens with one attached hydrogen (secondary N) is 1. The molecule has 5 nitrogen and oxygen atoms in total. The minimum Gasteiger partial charge on any atom is -0.396 e. The number of amides is 1. The first-order chi connectivity index (χ1) is 8.56. The van der Waals surface area contributed by atoms with Gasteiger partial charge in [-0.25, -0.2) is 4.39 Å². The summed E-state index contributed by atoms with van der Waals surface area (Å²) >= 11 is 0. The number of nitrogen functional groups attached to an aromatic ring is 1. The van der Waals surface area contributed by atoms with Crippen LogP contribution in [0.25, 0.3) is 0 Å². The van der Waals surface area contributed by atoms with Gasteiger partial charge in [-0.05, 0) is 25.1 Å². The normalized spacial score (nSPS) is 17.0. The van der Waals surface area contributed by atoms with Crippen molar-refractivity contribution in [2.45, 2.75) is 19.1 Å². The molecule has 0 bridgehead atoms. The Labute approximate surface area is 104 Å². The van der Waals surface area contributed by atoms with Crippen molar-refractivity contribution in [3.63, 3.8) is 0 Å². The molecule has 3 N–H and O–H groups in total. The first-order valence-corrected chi connectivity index (χ1v) is 5.65.